The first-order chi connectivity index (χ1) is 15.1. The monoisotopic (exact) mass is 416 g/mol. The summed E-state index contributed by atoms with van der Waals surface area (Å²) in [5.41, 5.74) is 3.07. The fourth-order valence-electron chi connectivity index (χ4n) is 4.04. The zero-order chi connectivity index (χ0) is 21.6. The van der Waals surface area contributed by atoms with Gasteiger partial charge in [0.25, 0.3) is 5.91 Å². The van der Waals surface area contributed by atoms with Crippen LogP contribution in [-0.4, -0.2) is 31.1 Å². The molecule has 5 nitrogen and oxygen atoms in total. The molecule has 1 aliphatic heterocycles. The SMILES string of the molecule is C[C@@H](NCCCc1ccc(C(=O)NC2CCOC2=O)cc1)c1cccc2ccccc12. The topological polar surface area (TPSA) is 67.4 Å². The lowest BCUT2D eigenvalue weighted by Crippen LogP contribution is -2.37. The van der Waals surface area contributed by atoms with E-state index < -0.39 is 6.04 Å². The van der Waals surface area contributed by atoms with Crippen LogP contribution in [0.2, 0.25) is 0 Å². The standard InChI is InChI=1S/C26H28N2O3/c1-18(22-10-4-8-20-7-2-3-9-23(20)22)27-16-5-6-19-11-13-21(14-12-19)25(29)28-24-15-17-31-26(24)30/h2-4,7-14,18,24,27H,5-6,15-17H2,1H3,(H,28,29)/t18-,24?/m1/s1. The Balaban J connectivity index is 1.25. The van der Waals surface area contributed by atoms with E-state index in [4.69, 9.17) is 4.74 Å². The second-order valence-electron chi connectivity index (χ2n) is 8.03. The highest BCUT2D eigenvalue weighted by atomic mass is 16.5. The lowest BCUT2D eigenvalue weighted by atomic mass is 9.99. The number of aryl methyl sites for hydroxylation is 1. The summed E-state index contributed by atoms with van der Waals surface area (Å²) in [6.07, 6.45) is 2.48. The number of benzene rings is 3. The van der Waals surface area contributed by atoms with Gasteiger partial charge in [0.05, 0.1) is 6.61 Å². The smallest absolute Gasteiger partial charge is 0.328 e. The fraction of sp³-hybridized carbons (Fsp3) is 0.308. The number of nitrogens with one attached hydrogen (secondary N) is 2. The van der Waals surface area contributed by atoms with Gasteiger partial charge in [0.2, 0.25) is 0 Å². The second kappa shape index (κ2) is 9.75. The average molecular weight is 417 g/mol. The molecule has 1 fully saturated rings. The molecule has 5 heteroatoms. The Hall–Kier alpha value is -3.18. The van der Waals surface area contributed by atoms with E-state index >= 15 is 0 Å². The quantitative estimate of drug-likeness (QED) is 0.427. The molecule has 31 heavy (non-hydrogen) atoms. The van der Waals surface area contributed by atoms with Crippen LogP contribution in [0.3, 0.4) is 0 Å². The van der Waals surface area contributed by atoms with E-state index in [1.165, 1.54) is 21.9 Å². The van der Waals surface area contributed by atoms with Crippen molar-refractivity contribution < 1.29 is 14.3 Å². The van der Waals surface area contributed by atoms with Gasteiger partial charge in [-0.05, 0) is 60.3 Å². The van der Waals surface area contributed by atoms with Crippen LogP contribution in [0.25, 0.3) is 10.8 Å². The maximum absolute atomic E-state index is 12.3. The van der Waals surface area contributed by atoms with E-state index in [0.29, 0.717) is 18.6 Å². The van der Waals surface area contributed by atoms with Gasteiger partial charge in [-0.3, -0.25) is 4.79 Å². The molecule has 0 spiro atoms. The van der Waals surface area contributed by atoms with Crippen molar-refractivity contribution in [1.82, 2.24) is 10.6 Å². The zero-order valence-electron chi connectivity index (χ0n) is 17.8. The number of hydrogen-bond acceptors (Lipinski definition) is 4. The molecule has 3 aromatic carbocycles. The molecule has 0 radical (unpaired) electrons. The molecule has 160 valence electrons. The van der Waals surface area contributed by atoms with Crippen LogP contribution in [0.1, 0.15) is 47.3 Å². The molecule has 4 rings (SSSR count). The van der Waals surface area contributed by atoms with Crippen LogP contribution in [0.4, 0.5) is 0 Å². The number of esters is 1. The van der Waals surface area contributed by atoms with E-state index in [0.717, 1.165) is 19.4 Å². The molecular formula is C26H28N2O3. The molecule has 2 atom stereocenters. The normalized spacial score (nSPS) is 16.8. The minimum atomic E-state index is -0.526. The van der Waals surface area contributed by atoms with Crippen LogP contribution in [0, 0.1) is 0 Å². The molecule has 1 saturated heterocycles. The lowest BCUT2D eigenvalue weighted by molar-refractivity contribution is -0.139. The Morgan fingerprint density at radius 3 is 2.61 bits per heavy atom. The largest absolute Gasteiger partial charge is 0.464 e. The molecule has 1 amide bonds. The fourth-order valence-corrected chi connectivity index (χ4v) is 4.04. The molecule has 1 unspecified atom stereocenters. The van der Waals surface area contributed by atoms with Gasteiger partial charge in [-0.25, -0.2) is 4.79 Å². The lowest BCUT2D eigenvalue weighted by Gasteiger charge is -2.16. The predicted octanol–water partition coefficient (Wildman–Crippen LogP) is 4.17. The van der Waals surface area contributed by atoms with Gasteiger partial charge in [0.1, 0.15) is 6.04 Å². The van der Waals surface area contributed by atoms with Gasteiger partial charge in [-0.15, -0.1) is 0 Å². The third-order valence-corrected chi connectivity index (χ3v) is 5.84. The summed E-state index contributed by atoms with van der Waals surface area (Å²) in [4.78, 5) is 23.8. The number of rotatable bonds is 8. The third-order valence-electron chi connectivity index (χ3n) is 5.84. The van der Waals surface area contributed by atoms with Crippen molar-refractivity contribution in [3.8, 4) is 0 Å². The molecule has 1 aliphatic rings. The molecule has 3 aromatic rings. The first-order valence-corrected chi connectivity index (χ1v) is 10.9. The molecule has 1 heterocycles. The maximum atomic E-state index is 12.3. The van der Waals surface area contributed by atoms with E-state index in [1.54, 1.807) is 0 Å². The van der Waals surface area contributed by atoms with Crippen molar-refractivity contribution in [2.75, 3.05) is 13.2 Å². The van der Waals surface area contributed by atoms with Crippen molar-refractivity contribution in [1.29, 1.82) is 0 Å². The highest BCUT2D eigenvalue weighted by molar-refractivity contribution is 5.97. The third kappa shape index (κ3) is 5.12. The summed E-state index contributed by atoms with van der Waals surface area (Å²) >= 11 is 0. The van der Waals surface area contributed by atoms with Crippen LogP contribution in [-0.2, 0) is 16.0 Å². The summed E-state index contributed by atoms with van der Waals surface area (Å²) in [6, 6.07) is 22.3. The highest BCUT2D eigenvalue weighted by Gasteiger charge is 2.28. The first-order valence-electron chi connectivity index (χ1n) is 10.9. The Morgan fingerprint density at radius 1 is 1.06 bits per heavy atom. The molecule has 0 saturated carbocycles. The van der Waals surface area contributed by atoms with E-state index in [9.17, 15) is 9.59 Å². The summed E-state index contributed by atoms with van der Waals surface area (Å²) in [6.45, 7) is 3.49. The van der Waals surface area contributed by atoms with Gasteiger partial charge >= 0.3 is 5.97 Å². The van der Waals surface area contributed by atoms with Crippen LogP contribution in [0.5, 0.6) is 0 Å². The number of ether oxygens (including phenoxy) is 1. The molecule has 0 aromatic heterocycles. The molecule has 2 N–H and O–H groups in total. The number of fused-ring (bicyclic) bond motifs is 1. The van der Waals surface area contributed by atoms with E-state index in [1.807, 2.05) is 24.3 Å². The second-order valence-corrected chi connectivity index (χ2v) is 8.03. The Kier molecular flexibility index (Phi) is 6.63. The zero-order valence-corrected chi connectivity index (χ0v) is 17.8. The van der Waals surface area contributed by atoms with Crippen molar-refractivity contribution in [2.24, 2.45) is 0 Å². The van der Waals surface area contributed by atoms with Gasteiger partial charge in [-0.1, -0.05) is 54.6 Å². The van der Waals surface area contributed by atoms with Crippen LogP contribution >= 0.6 is 0 Å². The van der Waals surface area contributed by atoms with Gasteiger partial charge < -0.3 is 15.4 Å². The van der Waals surface area contributed by atoms with Crippen molar-refractivity contribution in [3.63, 3.8) is 0 Å². The minimum Gasteiger partial charge on any atom is -0.464 e. The van der Waals surface area contributed by atoms with Crippen LogP contribution < -0.4 is 10.6 Å². The van der Waals surface area contributed by atoms with Crippen molar-refractivity contribution >= 4 is 22.6 Å². The van der Waals surface area contributed by atoms with Gasteiger partial charge in [0, 0.05) is 18.0 Å². The minimum absolute atomic E-state index is 0.235. The highest BCUT2D eigenvalue weighted by Crippen LogP contribution is 2.24. The Morgan fingerprint density at radius 2 is 1.84 bits per heavy atom. The summed E-state index contributed by atoms with van der Waals surface area (Å²) in [5, 5.41) is 8.92. The average Bonchev–Trinajstić information content (AvgIpc) is 3.20. The maximum Gasteiger partial charge on any atom is 0.328 e. The summed E-state index contributed by atoms with van der Waals surface area (Å²) < 4.78 is 4.88. The number of cyclic esters (lactones) is 1. The van der Waals surface area contributed by atoms with E-state index in [2.05, 4.69) is 60.0 Å². The number of hydrogen-bond donors (Lipinski definition) is 2. The van der Waals surface area contributed by atoms with Gasteiger partial charge in [0.15, 0.2) is 0 Å². The number of amides is 1. The van der Waals surface area contributed by atoms with Crippen molar-refractivity contribution in [2.45, 2.75) is 38.3 Å². The Bertz CT molecular complexity index is 1060. The summed E-state index contributed by atoms with van der Waals surface area (Å²) in [5.74, 6) is -0.587. The number of carbonyl (C=O) groups is 2. The Labute approximate surface area is 182 Å². The number of carbonyl (C=O) groups excluding carboxylic acids is 2. The molecule has 0 bridgehead atoms. The van der Waals surface area contributed by atoms with Gasteiger partial charge in [-0.2, -0.15) is 0 Å². The molecule has 0 aliphatic carbocycles. The molecular weight excluding hydrogens is 388 g/mol. The predicted molar refractivity (Wildman–Crippen MR) is 122 cm³/mol. The first kappa shape index (κ1) is 21.1. The summed E-state index contributed by atoms with van der Waals surface area (Å²) in [7, 11) is 0. The van der Waals surface area contributed by atoms with E-state index in [-0.39, 0.29) is 17.9 Å². The van der Waals surface area contributed by atoms with Crippen LogP contribution in [0.15, 0.2) is 66.7 Å². The van der Waals surface area contributed by atoms with Crippen molar-refractivity contribution in [3.05, 3.63) is 83.4 Å².